The van der Waals surface area contributed by atoms with Gasteiger partial charge in [0.1, 0.15) is 0 Å². The van der Waals surface area contributed by atoms with E-state index in [0.717, 1.165) is 12.8 Å². The van der Waals surface area contributed by atoms with Gasteiger partial charge in [0.05, 0.1) is 13.0 Å². The number of carbonyl (C=O) groups is 1. The van der Waals surface area contributed by atoms with E-state index in [9.17, 15) is 13.2 Å². The summed E-state index contributed by atoms with van der Waals surface area (Å²) in [5.74, 6) is 0.00805. The quantitative estimate of drug-likeness (QED) is 0.641. The number of carbonyl (C=O) groups excluding carboxylic acids is 1. The van der Waals surface area contributed by atoms with Crippen molar-refractivity contribution in [3.8, 4) is 0 Å². The van der Waals surface area contributed by atoms with E-state index in [1.54, 1.807) is 0 Å². The molecule has 0 amide bonds. The number of hydrogen-bond acceptors (Lipinski definition) is 5. The first-order chi connectivity index (χ1) is 9.44. The predicted molar refractivity (Wildman–Crippen MR) is 73.9 cm³/mol. The van der Waals surface area contributed by atoms with Crippen molar-refractivity contribution in [2.75, 3.05) is 26.7 Å². The monoisotopic (exact) mass is 305 g/mol. The van der Waals surface area contributed by atoms with E-state index < -0.39 is 10.2 Å². The highest BCUT2D eigenvalue weighted by molar-refractivity contribution is 7.87. The molecule has 1 saturated carbocycles. The number of hydrogen-bond donors (Lipinski definition) is 2. The molecule has 2 rings (SSSR count). The first kappa shape index (κ1) is 15.7. The number of piperidine rings is 1. The number of rotatable bonds is 6. The molecule has 7 nitrogen and oxygen atoms in total. The van der Waals surface area contributed by atoms with Crippen molar-refractivity contribution in [3.63, 3.8) is 0 Å². The predicted octanol–water partition coefficient (Wildman–Crippen LogP) is -0.557. The third kappa shape index (κ3) is 3.91. The Bertz CT molecular complexity index is 442. The first-order valence-electron chi connectivity index (χ1n) is 7.02. The normalized spacial score (nSPS) is 23.5. The maximum Gasteiger partial charge on any atom is 0.308 e. The molecular formula is C12H23N3O4S. The molecule has 0 aromatic heterocycles. The van der Waals surface area contributed by atoms with E-state index >= 15 is 0 Å². The third-order valence-corrected chi connectivity index (χ3v) is 5.63. The molecule has 1 saturated heterocycles. The number of nitrogens with zero attached hydrogens (tertiary/aromatic N) is 1. The molecule has 20 heavy (non-hydrogen) atoms. The van der Waals surface area contributed by atoms with Gasteiger partial charge in [-0.3, -0.25) is 4.79 Å². The molecule has 2 aliphatic rings. The van der Waals surface area contributed by atoms with Crippen LogP contribution >= 0.6 is 0 Å². The van der Waals surface area contributed by atoms with Crippen molar-refractivity contribution in [1.29, 1.82) is 0 Å². The molecule has 1 heterocycles. The standard InChI is InChI=1S/C12H23N3O4S/c1-19-12(16)10-4-6-15(7-5-10)20(17,18)14-8-11(13)9-2-3-9/h9-11,14H,2-8,13H2,1H3. The number of methoxy groups -OCH3 is 1. The van der Waals surface area contributed by atoms with E-state index in [4.69, 9.17) is 5.73 Å². The van der Waals surface area contributed by atoms with Crippen LogP contribution < -0.4 is 10.5 Å². The first-order valence-corrected chi connectivity index (χ1v) is 8.46. The molecule has 1 unspecified atom stereocenters. The minimum absolute atomic E-state index is 0.0996. The minimum Gasteiger partial charge on any atom is -0.469 e. The summed E-state index contributed by atoms with van der Waals surface area (Å²) in [6.07, 6.45) is 3.19. The van der Waals surface area contributed by atoms with Crippen LogP contribution in [0.4, 0.5) is 0 Å². The maximum absolute atomic E-state index is 12.1. The van der Waals surface area contributed by atoms with E-state index in [1.807, 2.05) is 0 Å². The molecule has 116 valence electrons. The zero-order chi connectivity index (χ0) is 14.8. The van der Waals surface area contributed by atoms with Gasteiger partial charge in [-0.1, -0.05) is 0 Å². The van der Waals surface area contributed by atoms with Gasteiger partial charge in [0.25, 0.3) is 10.2 Å². The Morgan fingerprint density at radius 3 is 2.45 bits per heavy atom. The second-order valence-electron chi connectivity index (χ2n) is 5.55. The Kier molecular flexibility index (Phi) is 5.00. The highest BCUT2D eigenvalue weighted by atomic mass is 32.2. The van der Waals surface area contributed by atoms with Crippen LogP contribution in [0.15, 0.2) is 0 Å². The van der Waals surface area contributed by atoms with Crippen molar-refractivity contribution in [2.45, 2.75) is 31.7 Å². The number of ether oxygens (including phenoxy) is 1. The Morgan fingerprint density at radius 2 is 1.95 bits per heavy atom. The number of nitrogens with one attached hydrogen (secondary N) is 1. The van der Waals surface area contributed by atoms with Gasteiger partial charge in [0.15, 0.2) is 0 Å². The lowest BCUT2D eigenvalue weighted by molar-refractivity contribution is -0.146. The maximum atomic E-state index is 12.1. The van der Waals surface area contributed by atoms with Gasteiger partial charge >= 0.3 is 5.97 Å². The molecule has 0 aromatic carbocycles. The average molecular weight is 305 g/mol. The molecule has 0 aromatic rings. The van der Waals surface area contributed by atoms with Crippen LogP contribution in [0.2, 0.25) is 0 Å². The van der Waals surface area contributed by atoms with E-state index in [-0.39, 0.29) is 24.5 Å². The van der Waals surface area contributed by atoms with Crippen LogP contribution in [0.1, 0.15) is 25.7 Å². The van der Waals surface area contributed by atoms with Crippen molar-refractivity contribution in [3.05, 3.63) is 0 Å². The highest BCUT2D eigenvalue weighted by Gasteiger charge is 2.33. The Labute approximate surface area is 120 Å². The van der Waals surface area contributed by atoms with Crippen molar-refractivity contribution in [2.24, 2.45) is 17.6 Å². The van der Waals surface area contributed by atoms with E-state index in [2.05, 4.69) is 9.46 Å². The molecular weight excluding hydrogens is 282 g/mol. The molecule has 0 spiro atoms. The van der Waals surface area contributed by atoms with Crippen LogP contribution in [0.5, 0.6) is 0 Å². The molecule has 1 atom stereocenters. The van der Waals surface area contributed by atoms with Gasteiger partial charge in [-0.2, -0.15) is 12.7 Å². The Hall–Kier alpha value is -0.700. The van der Waals surface area contributed by atoms with Gasteiger partial charge < -0.3 is 10.5 Å². The van der Waals surface area contributed by atoms with Crippen LogP contribution in [0, 0.1) is 11.8 Å². The van der Waals surface area contributed by atoms with Crippen molar-refractivity contribution in [1.82, 2.24) is 9.03 Å². The number of esters is 1. The fourth-order valence-electron chi connectivity index (χ4n) is 2.48. The van der Waals surface area contributed by atoms with Crippen LogP contribution in [-0.2, 0) is 19.7 Å². The molecule has 1 aliphatic heterocycles. The summed E-state index contributed by atoms with van der Waals surface area (Å²) in [7, 11) is -2.14. The van der Waals surface area contributed by atoms with E-state index in [0.29, 0.717) is 31.8 Å². The fourth-order valence-corrected chi connectivity index (χ4v) is 3.76. The Morgan fingerprint density at radius 1 is 1.35 bits per heavy atom. The number of nitrogens with two attached hydrogens (primary N) is 1. The van der Waals surface area contributed by atoms with Crippen LogP contribution in [-0.4, -0.2) is 51.5 Å². The summed E-state index contributed by atoms with van der Waals surface area (Å²) in [4.78, 5) is 11.4. The molecule has 1 aliphatic carbocycles. The fraction of sp³-hybridized carbons (Fsp3) is 0.917. The third-order valence-electron chi connectivity index (χ3n) is 4.06. The van der Waals surface area contributed by atoms with Gasteiger partial charge in [-0.05, 0) is 31.6 Å². The summed E-state index contributed by atoms with van der Waals surface area (Å²) in [5, 5.41) is 0. The second kappa shape index (κ2) is 6.38. The largest absolute Gasteiger partial charge is 0.469 e. The summed E-state index contributed by atoms with van der Waals surface area (Å²) in [5.41, 5.74) is 5.89. The summed E-state index contributed by atoms with van der Waals surface area (Å²) in [6.45, 7) is 0.964. The molecule has 0 radical (unpaired) electrons. The smallest absolute Gasteiger partial charge is 0.308 e. The van der Waals surface area contributed by atoms with Crippen LogP contribution in [0.25, 0.3) is 0 Å². The summed E-state index contributed by atoms with van der Waals surface area (Å²) in [6, 6.07) is -0.0996. The zero-order valence-corrected chi connectivity index (χ0v) is 12.6. The molecule has 8 heteroatoms. The highest BCUT2D eigenvalue weighted by Crippen LogP contribution is 2.31. The molecule has 2 fully saturated rings. The molecule has 0 bridgehead atoms. The van der Waals surface area contributed by atoms with E-state index in [1.165, 1.54) is 11.4 Å². The lowest BCUT2D eigenvalue weighted by Gasteiger charge is -2.30. The second-order valence-corrected chi connectivity index (χ2v) is 7.31. The summed E-state index contributed by atoms with van der Waals surface area (Å²) < 4.78 is 32.9. The average Bonchev–Trinajstić information content (AvgIpc) is 3.28. The molecule has 3 N–H and O–H groups in total. The topological polar surface area (TPSA) is 102 Å². The van der Waals surface area contributed by atoms with Gasteiger partial charge in [-0.25, -0.2) is 4.72 Å². The van der Waals surface area contributed by atoms with Crippen LogP contribution in [0.3, 0.4) is 0 Å². The SMILES string of the molecule is COC(=O)C1CCN(S(=O)(=O)NCC(N)C2CC2)CC1. The lowest BCUT2D eigenvalue weighted by Crippen LogP contribution is -2.49. The Balaban J connectivity index is 1.80. The summed E-state index contributed by atoms with van der Waals surface area (Å²) >= 11 is 0. The zero-order valence-electron chi connectivity index (χ0n) is 11.7. The minimum atomic E-state index is -3.49. The van der Waals surface area contributed by atoms with Gasteiger partial charge in [0, 0.05) is 25.7 Å². The lowest BCUT2D eigenvalue weighted by atomic mass is 9.99. The van der Waals surface area contributed by atoms with Crippen molar-refractivity contribution < 1.29 is 17.9 Å². The van der Waals surface area contributed by atoms with Crippen molar-refractivity contribution >= 4 is 16.2 Å². The van der Waals surface area contributed by atoms with Gasteiger partial charge in [0.2, 0.25) is 0 Å². The van der Waals surface area contributed by atoms with Gasteiger partial charge in [-0.15, -0.1) is 0 Å².